The zero-order valence-electron chi connectivity index (χ0n) is 12.1. The molecule has 116 valence electrons. The normalized spacial score (nSPS) is 10.7. The Kier molecular flexibility index (Phi) is 3.75. The van der Waals surface area contributed by atoms with Crippen LogP contribution in [0.2, 0.25) is 5.02 Å². The molecule has 0 atom stereocenters. The minimum atomic E-state index is -1.06. The van der Waals surface area contributed by atoms with Gasteiger partial charge in [-0.15, -0.1) is 0 Å². The molecule has 6 nitrogen and oxygen atoms in total. The fourth-order valence-electron chi connectivity index (χ4n) is 2.33. The van der Waals surface area contributed by atoms with Gasteiger partial charge in [0.15, 0.2) is 0 Å². The van der Waals surface area contributed by atoms with Crippen molar-refractivity contribution in [3.8, 4) is 0 Å². The van der Waals surface area contributed by atoms with Gasteiger partial charge in [0.2, 0.25) is 0 Å². The van der Waals surface area contributed by atoms with Crippen molar-refractivity contribution in [1.82, 2.24) is 9.38 Å². The van der Waals surface area contributed by atoms with Crippen molar-refractivity contribution in [3.05, 3.63) is 64.6 Å². The molecular formula is C16H12ClN3O3. The van der Waals surface area contributed by atoms with Crippen LogP contribution >= 0.6 is 11.6 Å². The summed E-state index contributed by atoms with van der Waals surface area (Å²) in [6, 6.07) is 9.45. The summed E-state index contributed by atoms with van der Waals surface area (Å²) in [5.41, 5.74) is 2.01. The number of rotatable bonds is 3. The molecule has 1 amide bonds. The lowest BCUT2D eigenvalue weighted by Crippen LogP contribution is -2.16. The highest BCUT2D eigenvalue weighted by Gasteiger charge is 2.17. The lowest BCUT2D eigenvalue weighted by atomic mass is 10.2. The fraction of sp³-hybridized carbons (Fsp3) is 0.0625. The monoisotopic (exact) mass is 329 g/mol. The summed E-state index contributed by atoms with van der Waals surface area (Å²) in [7, 11) is 0. The third kappa shape index (κ3) is 2.89. The van der Waals surface area contributed by atoms with Crippen molar-refractivity contribution in [3.63, 3.8) is 0 Å². The molecule has 0 unspecified atom stereocenters. The van der Waals surface area contributed by atoms with Crippen molar-refractivity contribution < 1.29 is 14.7 Å². The number of hydrogen-bond acceptors (Lipinski definition) is 3. The summed E-state index contributed by atoms with van der Waals surface area (Å²) in [5, 5.41) is 12.2. The first-order valence-corrected chi connectivity index (χ1v) is 7.12. The Hall–Kier alpha value is -2.86. The van der Waals surface area contributed by atoms with Crippen molar-refractivity contribution >= 4 is 34.8 Å². The van der Waals surface area contributed by atoms with Crippen molar-refractivity contribution in [2.24, 2.45) is 0 Å². The average Bonchev–Trinajstić information content (AvgIpc) is 2.82. The van der Waals surface area contributed by atoms with Crippen LogP contribution in [-0.2, 0) is 0 Å². The van der Waals surface area contributed by atoms with Gasteiger partial charge in [-0.1, -0.05) is 17.7 Å². The summed E-state index contributed by atoms with van der Waals surface area (Å²) in [5.74, 6) is -1.45. The molecule has 0 aliphatic rings. The number of imidazole rings is 1. The minimum Gasteiger partial charge on any atom is -0.478 e. The van der Waals surface area contributed by atoms with Gasteiger partial charge in [-0.25, -0.2) is 9.78 Å². The number of carbonyl (C=O) groups is 2. The summed E-state index contributed by atoms with van der Waals surface area (Å²) < 4.78 is 1.61. The molecule has 23 heavy (non-hydrogen) atoms. The number of benzene rings is 1. The number of carboxylic acids is 1. The molecule has 0 spiro atoms. The van der Waals surface area contributed by atoms with Crippen LogP contribution in [0.4, 0.5) is 5.69 Å². The Balaban J connectivity index is 1.98. The zero-order valence-corrected chi connectivity index (χ0v) is 12.8. The van der Waals surface area contributed by atoms with E-state index in [1.165, 1.54) is 12.1 Å². The largest absolute Gasteiger partial charge is 0.478 e. The molecule has 3 rings (SSSR count). The molecule has 0 saturated heterocycles. The van der Waals surface area contributed by atoms with Gasteiger partial charge >= 0.3 is 5.97 Å². The zero-order chi connectivity index (χ0) is 16.6. The maximum absolute atomic E-state index is 12.5. The standard InChI is InChI=1S/C16H12ClN3O3/c1-9-14(20-8-11(17)5-6-13(20)18-9)15(21)19-12-4-2-3-10(7-12)16(22)23/h2-8H,1H3,(H,19,21)(H,22,23). The fourth-order valence-corrected chi connectivity index (χ4v) is 2.49. The number of nitrogens with one attached hydrogen (secondary N) is 1. The smallest absolute Gasteiger partial charge is 0.335 e. The van der Waals surface area contributed by atoms with E-state index in [0.717, 1.165) is 0 Å². The molecule has 1 aromatic carbocycles. The number of carbonyl (C=O) groups excluding carboxylic acids is 1. The topological polar surface area (TPSA) is 83.7 Å². The summed E-state index contributed by atoms with van der Waals surface area (Å²) in [6.07, 6.45) is 1.61. The van der Waals surface area contributed by atoms with E-state index < -0.39 is 5.97 Å². The number of aromatic nitrogens is 2. The first-order chi connectivity index (χ1) is 11.0. The van der Waals surface area contributed by atoms with Gasteiger partial charge in [-0.2, -0.15) is 0 Å². The van der Waals surface area contributed by atoms with Gasteiger partial charge in [-0.05, 0) is 37.3 Å². The molecule has 0 aliphatic heterocycles. The highest BCUT2D eigenvalue weighted by molar-refractivity contribution is 6.30. The van der Waals surface area contributed by atoms with Crippen LogP contribution in [0.25, 0.3) is 5.65 Å². The van der Waals surface area contributed by atoms with E-state index in [4.69, 9.17) is 16.7 Å². The molecule has 0 saturated carbocycles. The lowest BCUT2D eigenvalue weighted by Gasteiger charge is -2.07. The predicted molar refractivity (Wildman–Crippen MR) is 86.3 cm³/mol. The second-order valence-corrected chi connectivity index (χ2v) is 5.40. The number of aryl methyl sites for hydroxylation is 1. The van der Waals surface area contributed by atoms with Crippen LogP contribution in [0, 0.1) is 6.92 Å². The predicted octanol–water partition coefficient (Wildman–Crippen LogP) is 3.25. The van der Waals surface area contributed by atoms with E-state index in [1.54, 1.807) is 41.8 Å². The molecule has 0 radical (unpaired) electrons. The van der Waals surface area contributed by atoms with Crippen LogP contribution in [0.3, 0.4) is 0 Å². The molecular weight excluding hydrogens is 318 g/mol. The van der Waals surface area contributed by atoms with Gasteiger partial charge in [0.1, 0.15) is 11.3 Å². The lowest BCUT2D eigenvalue weighted by molar-refractivity contribution is 0.0696. The summed E-state index contributed by atoms with van der Waals surface area (Å²) in [6.45, 7) is 1.73. The van der Waals surface area contributed by atoms with Crippen LogP contribution in [0.5, 0.6) is 0 Å². The van der Waals surface area contributed by atoms with Gasteiger partial charge in [0.05, 0.1) is 16.3 Å². The molecule has 0 aliphatic carbocycles. The first kappa shape index (κ1) is 15.1. The van der Waals surface area contributed by atoms with Crippen molar-refractivity contribution in [2.75, 3.05) is 5.32 Å². The Labute approximate surface area is 136 Å². The minimum absolute atomic E-state index is 0.0979. The van der Waals surface area contributed by atoms with Crippen LogP contribution in [0.1, 0.15) is 26.5 Å². The number of fused-ring (bicyclic) bond motifs is 1. The van der Waals surface area contributed by atoms with E-state index in [-0.39, 0.29) is 11.5 Å². The van der Waals surface area contributed by atoms with E-state index in [1.807, 2.05) is 0 Å². The average molecular weight is 330 g/mol. The third-order valence-electron chi connectivity index (χ3n) is 3.34. The van der Waals surface area contributed by atoms with Gasteiger partial charge in [-0.3, -0.25) is 9.20 Å². The Morgan fingerprint density at radius 2 is 2.04 bits per heavy atom. The second-order valence-electron chi connectivity index (χ2n) is 4.96. The molecule has 3 aromatic rings. The van der Waals surface area contributed by atoms with Gasteiger partial charge in [0, 0.05) is 11.9 Å². The van der Waals surface area contributed by atoms with Gasteiger partial charge < -0.3 is 10.4 Å². The first-order valence-electron chi connectivity index (χ1n) is 6.74. The number of nitrogens with zero attached hydrogens (tertiary/aromatic N) is 2. The van der Waals surface area contributed by atoms with Crippen LogP contribution < -0.4 is 5.32 Å². The number of hydrogen-bond donors (Lipinski definition) is 2. The molecule has 0 bridgehead atoms. The summed E-state index contributed by atoms with van der Waals surface area (Å²) >= 11 is 5.97. The van der Waals surface area contributed by atoms with Crippen LogP contribution in [0.15, 0.2) is 42.6 Å². The van der Waals surface area contributed by atoms with E-state index in [2.05, 4.69) is 10.3 Å². The van der Waals surface area contributed by atoms with E-state index in [0.29, 0.717) is 27.7 Å². The van der Waals surface area contributed by atoms with E-state index in [9.17, 15) is 9.59 Å². The highest BCUT2D eigenvalue weighted by atomic mass is 35.5. The summed E-state index contributed by atoms with van der Waals surface area (Å²) in [4.78, 5) is 27.8. The second kappa shape index (κ2) is 5.73. The number of amides is 1. The Bertz CT molecular complexity index is 933. The molecule has 2 aromatic heterocycles. The number of anilines is 1. The maximum Gasteiger partial charge on any atom is 0.335 e. The number of carboxylic acid groups (broad SMARTS) is 1. The molecule has 7 heteroatoms. The Morgan fingerprint density at radius 3 is 2.78 bits per heavy atom. The number of aromatic carboxylic acids is 1. The quantitative estimate of drug-likeness (QED) is 0.772. The third-order valence-corrected chi connectivity index (χ3v) is 3.56. The molecule has 2 N–H and O–H groups in total. The molecule has 0 fully saturated rings. The van der Waals surface area contributed by atoms with Crippen LogP contribution in [-0.4, -0.2) is 26.4 Å². The SMILES string of the molecule is Cc1nc2ccc(Cl)cn2c1C(=O)Nc1cccc(C(=O)O)c1. The maximum atomic E-state index is 12.5. The number of halogens is 1. The van der Waals surface area contributed by atoms with Crippen molar-refractivity contribution in [1.29, 1.82) is 0 Å². The number of pyridine rings is 1. The molecule has 2 heterocycles. The Morgan fingerprint density at radius 1 is 1.26 bits per heavy atom. The highest BCUT2D eigenvalue weighted by Crippen LogP contribution is 2.18. The van der Waals surface area contributed by atoms with Gasteiger partial charge in [0.25, 0.3) is 5.91 Å². The van der Waals surface area contributed by atoms with E-state index >= 15 is 0 Å². The van der Waals surface area contributed by atoms with Crippen molar-refractivity contribution in [2.45, 2.75) is 6.92 Å².